The van der Waals surface area contributed by atoms with E-state index in [2.05, 4.69) is 27.5 Å². The molecule has 16 heavy (non-hydrogen) atoms. The van der Waals surface area contributed by atoms with Crippen molar-refractivity contribution in [2.75, 3.05) is 0 Å². The second-order valence-corrected chi connectivity index (χ2v) is 4.60. The standard InChI is InChI=1S/C11H10BrN3O/c1-11(7-2-4-8(12)5-3-7)9(6-13)10(14)16-15-11/h2-5,15H,14H2,1H3. The molecule has 0 radical (unpaired) electrons. The summed E-state index contributed by atoms with van der Waals surface area (Å²) in [6.07, 6.45) is 0. The van der Waals surface area contributed by atoms with Crippen LogP contribution >= 0.6 is 15.9 Å². The lowest BCUT2D eigenvalue weighted by atomic mass is 9.86. The molecule has 1 aliphatic heterocycles. The molecule has 1 aliphatic rings. The molecular formula is C11H10BrN3O. The lowest BCUT2D eigenvalue weighted by molar-refractivity contribution is 0.0822. The first-order valence-electron chi connectivity index (χ1n) is 4.68. The summed E-state index contributed by atoms with van der Waals surface area (Å²) in [5.41, 5.74) is 9.02. The molecule has 0 fully saturated rings. The van der Waals surface area contributed by atoms with E-state index in [0.29, 0.717) is 5.57 Å². The normalized spacial score (nSPS) is 24.1. The fourth-order valence-electron chi connectivity index (χ4n) is 1.66. The van der Waals surface area contributed by atoms with Crippen LogP contribution in [0.5, 0.6) is 0 Å². The van der Waals surface area contributed by atoms with Crippen LogP contribution in [0.3, 0.4) is 0 Å². The molecule has 0 aromatic heterocycles. The topological polar surface area (TPSA) is 71.1 Å². The maximum absolute atomic E-state index is 9.07. The van der Waals surface area contributed by atoms with Crippen molar-refractivity contribution in [3.8, 4) is 6.07 Å². The van der Waals surface area contributed by atoms with Crippen molar-refractivity contribution >= 4 is 15.9 Å². The fourth-order valence-corrected chi connectivity index (χ4v) is 1.92. The smallest absolute Gasteiger partial charge is 0.225 e. The van der Waals surface area contributed by atoms with Crippen LogP contribution < -0.4 is 11.2 Å². The first-order chi connectivity index (χ1) is 7.58. The zero-order valence-electron chi connectivity index (χ0n) is 8.62. The Hall–Kier alpha value is -1.51. The van der Waals surface area contributed by atoms with Gasteiger partial charge >= 0.3 is 0 Å². The molecule has 1 atom stereocenters. The Balaban J connectivity index is 2.49. The summed E-state index contributed by atoms with van der Waals surface area (Å²) < 4.78 is 0.981. The Morgan fingerprint density at radius 2 is 2.06 bits per heavy atom. The van der Waals surface area contributed by atoms with Gasteiger partial charge in [0.25, 0.3) is 0 Å². The molecule has 0 bridgehead atoms. The van der Waals surface area contributed by atoms with Gasteiger partial charge in [0.05, 0.1) is 0 Å². The minimum absolute atomic E-state index is 0.132. The molecule has 5 heteroatoms. The molecule has 1 aromatic carbocycles. The van der Waals surface area contributed by atoms with Crippen LogP contribution in [0.2, 0.25) is 0 Å². The van der Waals surface area contributed by atoms with Crippen molar-refractivity contribution in [3.05, 3.63) is 45.8 Å². The van der Waals surface area contributed by atoms with Crippen LogP contribution in [0.25, 0.3) is 0 Å². The Morgan fingerprint density at radius 1 is 1.44 bits per heavy atom. The molecule has 4 nitrogen and oxygen atoms in total. The Kier molecular flexibility index (Phi) is 2.62. The molecule has 2 rings (SSSR count). The summed E-state index contributed by atoms with van der Waals surface area (Å²) >= 11 is 3.36. The van der Waals surface area contributed by atoms with Crippen LogP contribution in [0.15, 0.2) is 40.2 Å². The van der Waals surface area contributed by atoms with Crippen LogP contribution in [0.4, 0.5) is 0 Å². The van der Waals surface area contributed by atoms with Crippen LogP contribution in [-0.2, 0) is 10.4 Å². The number of nitrogens with zero attached hydrogens (tertiary/aromatic N) is 1. The Labute approximate surface area is 102 Å². The molecular weight excluding hydrogens is 270 g/mol. The first-order valence-corrected chi connectivity index (χ1v) is 5.47. The van der Waals surface area contributed by atoms with Crippen LogP contribution in [-0.4, -0.2) is 0 Å². The quantitative estimate of drug-likeness (QED) is 0.824. The van der Waals surface area contributed by atoms with Gasteiger partial charge in [0.1, 0.15) is 17.2 Å². The number of benzene rings is 1. The SMILES string of the molecule is CC1(c2ccc(Br)cc2)NOC(N)=C1C#N. The molecule has 3 N–H and O–H groups in total. The average molecular weight is 280 g/mol. The van der Waals surface area contributed by atoms with Crippen molar-refractivity contribution in [3.63, 3.8) is 0 Å². The van der Waals surface area contributed by atoms with Gasteiger partial charge in [-0.1, -0.05) is 28.1 Å². The zero-order chi connectivity index (χ0) is 11.8. The first kappa shape index (κ1) is 11.0. The predicted octanol–water partition coefficient (Wildman–Crippen LogP) is 1.89. The van der Waals surface area contributed by atoms with E-state index in [1.807, 2.05) is 31.2 Å². The molecule has 0 saturated heterocycles. The number of halogens is 1. The van der Waals surface area contributed by atoms with Crippen molar-refractivity contribution in [2.45, 2.75) is 12.5 Å². The summed E-state index contributed by atoms with van der Waals surface area (Å²) in [4.78, 5) is 5.03. The minimum Gasteiger partial charge on any atom is -0.389 e. The fraction of sp³-hybridized carbons (Fsp3) is 0.182. The van der Waals surface area contributed by atoms with E-state index in [9.17, 15) is 0 Å². The van der Waals surface area contributed by atoms with Gasteiger partial charge in [-0.25, -0.2) is 0 Å². The van der Waals surface area contributed by atoms with Gasteiger partial charge in [-0.2, -0.15) is 5.26 Å². The summed E-state index contributed by atoms with van der Waals surface area (Å²) in [5, 5.41) is 9.07. The molecule has 1 unspecified atom stereocenters. The number of hydroxylamine groups is 1. The minimum atomic E-state index is -0.681. The van der Waals surface area contributed by atoms with Crippen molar-refractivity contribution < 1.29 is 4.84 Å². The third kappa shape index (κ3) is 1.56. The zero-order valence-corrected chi connectivity index (χ0v) is 10.2. The molecule has 0 saturated carbocycles. The molecule has 82 valence electrons. The van der Waals surface area contributed by atoms with Gasteiger partial charge in [0.15, 0.2) is 0 Å². The lowest BCUT2D eigenvalue weighted by Crippen LogP contribution is -2.35. The van der Waals surface area contributed by atoms with Crippen molar-refractivity contribution in [1.29, 1.82) is 5.26 Å². The van der Waals surface area contributed by atoms with E-state index >= 15 is 0 Å². The third-order valence-corrected chi connectivity index (χ3v) is 3.17. The molecule has 0 spiro atoms. The lowest BCUT2D eigenvalue weighted by Gasteiger charge is -2.22. The van der Waals surface area contributed by atoms with E-state index in [1.165, 1.54) is 0 Å². The van der Waals surface area contributed by atoms with Gasteiger partial charge in [0.2, 0.25) is 5.88 Å². The molecule has 0 amide bonds. The number of hydrogen-bond donors (Lipinski definition) is 2. The molecule has 1 heterocycles. The number of hydrogen-bond acceptors (Lipinski definition) is 4. The summed E-state index contributed by atoms with van der Waals surface area (Å²) in [6, 6.07) is 9.72. The summed E-state index contributed by atoms with van der Waals surface area (Å²) in [6.45, 7) is 1.86. The molecule has 1 aromatic rings. The molecule has 0 aliphatic carbocycles. The third-order valence-electron chi connectivity index (χ3n) is 2.64. The van der Waals surface area contributed by atoms with E-state index < -0.39 is 5.54 Å². The largest absolute Gasteiger partial charge is 0.389 e. The Morgan fingerprint density at radius 3 is 2.62 bits per heavy atom. The predicted molar refractivity (Wildman–Crippen MR) is 62.5 cm³/mol. The van der Waals surface area contributed by atoms with Crippen molar-refractivity contribution in [2.24, 2.45) is 5.73 Å². The van der Waals surface area contributed by atoms with E-state index in [1.54, 1.807) is 0 Å². The van der Waals surface area contributed by atoms with Gasteiger partial charge in [-0.3, -0.25) is 0 Å². The highest BCUT2D eigenvalue weighted by Gasteiger charge is 2.40. The highest BCUT2D eigenvalue weighted by Crippen LogP contribution is 2.34. The van der Waals surface area contributed by atoms with Crippen LogP contribution in [0, 0.1) is 11.3 Å². The maximum atomic E-state index is 9.07. The summed E-state index contributed by atoms with van der Waals surface area (Å²) in [5.74, 6) is 0.132. The average Bonchev–Trinajstić information content (AvgIpc) is 2.56. The van der Waals surface area contributed by atoms with Crippen molar-refractivity contribution in [1.82, 2.24) is 5.48 Å². The van der Waals surface area contributed by atoms with Gasteiger partial charge in [-0.05, 0) is 24.6 Å². The second-order valence-electron chi connectivity index (χ2n) is 3.69. The summed E-state index contributed by atoms with van der Waals surface area (Å²) in [7, 11) is 0. The second kappa shape index (κ2) is 3.81. The Bertz CT molecular complexity index is 489. The maximum Gasteiger partial charge on any atom is 0.225 e. The highest BCUT2D eigenvalue weighted by molar-refractivity contribution is 9.10. The van der Waals surface area contributed by atoms with E-state index in [-0.39, 0.29) is 5.88 Å². The van der Waals surface area contributed by atoms with Crippen LogP contribution in [0.1, 0.15) is 12.5 Å². The number of nitrogens with one attached hydrogen (secondary N) is 1. The van der Waals surface area contributed by atoms with E-state index in [4.69, 9.17) is 15.8 Å². The van der Waals surface area contributed by atoms with Gasteiger partial charge in [0, 0.05) is 4.47 Å². The van der Waals surface area contributed by atoms with Gasteiger partial charge in [-0.15, -0.1) is 5.48 Å². The monoisotopic (exact) mass is 279 g/mol. The van der Waals surface area contributed by atoms with E-state index in [0.717, 1.165) is 10.0 Å². The number of nitriles is 1. The van der Waals surface area contributed by atoms with Gasteiger partial charge < -0.3 is 10.6 Å². The number of nitrogens with two attached hydrogens (primary N) is 1. The number of rotatable bonds is 1. The highest BCUT2D eigenvalue weighted by atomic mass is 79.9.